The van der Waals surface area contributed by atoms with E-state index in [0.29, 0.717) is 12.8 Å². The average Bonchev–Trinajstić information content (AvgIpc) is 3.13. The van der Waals surface area contributed by atoms with Crippen molar-refractivity contribution in [2.75, 3.05) is 19.8 Å². The van der Waals surface area contributed by atoms with Gasteiger partial charge in [-0.05, 0) is 64.2 Å². The van der Waals surface area contributed by atoms with E-state index in [0.717, 1.165) is 70.6 Å². The van der Waals surface area contributed by atoms with Crippen molar-refractivity contribution < 1.29 is 49.0 Å². The summed E-state index contributed by atoms with van der Waals surface area (Å²) in [5.41, 5.74) is 0. The first-order valence-electron chi connectivity index (χ1n) is 20.4. The molecule has 51 heavy (non-hydrogen) atoms. The Balaban J connectivity index is 2.39. The van der Waals surface area contributed by atoms with E-state index in [1.807, 2.05) is 0 Å². The maximum atomic E-state index is 12.7. The van der Waals surface area contributed by atoms with Crippen LogP contribution in [0.4, 0.5) is 0 Å². The van der Waals surface area contributed by atoms with Crippen molar-refractivity contribution in [1.29, 1.82) is 0 Å². The van der Waals surface area contributed by atoms with Crippen LogP contribution < -0.4 is 0 Å². The second-order valence-electron chi connectivity index (χ2n) is 14.1. The lowest BCUT2D eigenvalue weighted by molar-refractivity contribution is -0.305. The third-order valence-corrected chi connectivity index (χ3v) is 9.31. The Kier molecular flexibility index (Phi) is 30.4. The van der Waals surface area contributed by atoms with Crippen LogP contribution in [0.15, 0.2) is 24.3 Å². The molecule has 10 heteroatoms. The van der Waals surface area contributed by atoms with E-state index in [-0.39, 0.29) is 32.0 Å². The van der Waals surface area contributed by atoms with Crippen molar-refractivity contribution in [2.45, 2.75) is 205 Å². The zero-order chi connectivity index (χ0) is 37.4. The maximum Gasteiger partial charge on any atom is 0.306 e. The number of rotatable bonds is 33. The molecule has 0 radical (unpaired) electrons. The molecule has 1 saturated heterocycles. The second kappa shape index (κ2) is 32.8. The van der Waals surface area contributed by atoms with Crippen molar-refractivity contribution in [3.8, 4) is 0 Å². The number of carbonyl (C=O) groups excluding carboxylic acids is 2. The first-order chi connectivity index (χ1) is 24.8. The molecule has 1 aliphatic heterocycles. The molecule has 6 atom stereocenters. The minimum atomic E-state index is -1.59. The molecule has 298 valence electrons. The van der Waals surface area contributed by atoms with Crippen LogP contribution in [0.3, 0.4) is 0 Å². The van der Waals surface area contributed by atoms with Crippen LogP contribution >= 0.6 is 0 Å². The van der Waals surface area contributed by atoms with Crippen molar-refractivity contribution >= 4 is 11.9 Å². The van der Waals surface area contributed by atoms with Gasteiger partial charge in [0.15, 0.2) is 12.4 Å². The number of ether oxygens (including phenoxy) is 4. The molecule has 1 heterocycles. The lowest BCUT2D eigenvalue weighted by Crippen LogP contribution is -2.59. The lowest BCUT2D eigenvalue weighted by atomic mass is 9.99. The van der Waals surface area contributed by atoms with Gasteiger partial charge in [0, 0.05) is 12.8 Å². The number of hydrogen-bond acceptors (Lipinski definition) is 10. The highest BCUT2D eigenvalue weighted by atomic mass is 16.7. The molecule has 0 aromatic heterocycles. The predicted octanol–water partition coefficient (Wildman–Crippen LogP) is 7.77. The third-order valence-electron chi connectivity index (χ3n) is 9.31. The van der Waals surface area contributed by atoms with Gasteiger partial charge < -0.3 is 39.4 Å². The van der Waals surface area contributed by atoms with E-state index in [1.165, 1.54) is 57.8 Å². The van der Waals surface area contributed by atoms with Gasteiger partial charge in [-0.3, -0.25) is 9.59 Å². The van der Waals surface area contributed by atoms with Crippen LogP contribution in [-0.4, -0.2) is 89.0 Å². The van der Waals surface area contributed by atoms with Crippen LogP contribution in [0.1, 0.15) is 168 Å². The van der Waals surface area contributed by atoms with Gasteiger partial charge >= 0.3 is 11.9 Å². The van der Waals surface area contributed by atoms with Gasteiger partial charge in [0.05, 0.1) is 13.2 Å². The Morgan fingerprint density at radius 2 is 1.04 bits per heavy atom. The Bertz CT molecular complexity index is 892. The fourth-order valence-corrected chi connectivity index (χ4v) is 6.00. The van der Waals surface area contributed by atoms with Gasteiger partial charge in [-0.1, -0.05) is 115 Å². The minimum Gasteiger partial charge on any atom is -0.462 e. The maximum absolute atomic E-state index is 12.7. The van der Waals surface area contributed by atoms with Crippen LogP contribution in [0, 0.1) is 0 Å². The predicted molar refractivity (Wildman–Crippen MR) is 201 cm³/mol. The van der Waals surface area contributed by atoms with Crippen molar-refractivity contribution in [2.24, 2.45) is 0 Å². The van der Waals surface area contributed by atoms with Gasteiger partial charge in [-0.2, -0.15) is 0 Å². The van der Waals surface area contributed by atoms with Gasteiger partial charge in [-0.15, -0.1) is 0 Å². The molecule has 1 rings (SSSR count). The molecule has 0 saturated carbocycles. The lowest BCUT2D eigenvalue weighted by Gasteiger charge is -2.39. The Labute approximate surface area is 309 Å². The quantitative estimate of drug-likeness (QED) is 0.0300. The minimum absolute atomic E-state index is 0.219. The number of unbranched alkanes of at least 4 members (excludes halogenated alkanes) is 18. The zero-order valence-corrected chi connectivity index (χ0v) is 32.1. The monoisotopic (exact) mass is 727 g/mol. The number of esters is 2. The smallest absolute Gasteiger partial charge is 0.306 e. The fraction of sp³-hybridized carbons (Fsp3) is 0.854. The number of aliphatic hydroxyl groups is 4. The molecule has 0 spiro atoms. The largest absolute Gasteiger partial charge is 0.462 e. The number of allylic oxidation sites excluding steroid dienone is 4. The second-order valence-corrected chi connectivity index (χ2v) is 14.1. The highest BCUT2D eigenvalue weighted by Gasteiger charge is 2.44. The van der Waals surface area contributed by atoms with Gasteiger partial charge in [-0.25, -0.2) is 0 Å². The van der Waals surface area contributed by atoms with E-state index < -0.39 is 49.4 Å². The Morgan fingerprint density at radius 3 is 1.53 bits per heavy atom. The number of carbonyl (C=O) groups is 2. The highest BCUT2D eigenvalue weighted by molar-refractivity contribution is 5.70. The molecule has 10 nitrogen and oxygen atoms in total. The third kappa shape index (κ3) is 24.9. The SMILES string of the molecule is CCCCCC/C=C/CCCCCCCC(=O)OC[C@@H](CO[C@H]1O[C@@H](CO)[C@@H](O)C(O)C1O)OC(=O)CCCCCCC/C=C/CCCCCC. The standard InChI is InChI=1S/C41H74O10/c1-3-5-7-9-11-13-15-17-19-21-23-25-27-29-36(43)48-32-34(33-49-41-40(47)39(46)38(45)35(31-42)51-41)50-37(44)30-28-26-24-22-20-18-16-14-12-10-8-6-4-2/h13-16,34-35,38-42,45-47H,3-12,17-33H2,1-2H3/b15-13+,16-14+/t34-,35-,38+,39?,40?,41-/m0/s1. The van der Waals surface area contributed by atoms with Gasteiger partial charge in [0.1, 0.15) is 31.0 Å². The molecule has 0 aromatic rings. The molecule has 0 amide bonds. The molecule has 1 fully saturated rings. The van der Waals surface area contributed by atoms with E-state index in [9.17, 15) is 30.0 Å². The number of hydrogen-bond donors (Lipinski definition) is 4. The van der Waals surface area contributed by atoms with Crippen molar-refractivity contribution in [3.05, 3.63) is 24.3 Å². The summed E-state index contributed by atoms with van der Waals surface area (Å²) in [6.07, 6.45) is 26.1. The first kappa shape index (κ1) is 47.2. The van der Waals surface area contributed by atoms with E-state index in [2.05, 4.69) is 38.2 Å². The summed E-state index contributed by atoms with van der Waals surface area (Å²) < 4.78 is 22.1. The number of aliphatic hydroxyl groups excluding tert-OH is 4. The molecule has 0 aromatic carbocycles. The zero-order valence-electron chi connectivity index (χ0n) is 32.1. The molecular formula is C41H74O10. The molecular weight excluding hydrogens is 652 g/mol. The van der Waals surface area contributed by atoms with Crippen molar-refractivity contribution in [1.82, 2.24) is 0 Å². The summed E-state index contributed by atoms with van der Waals surface area (Å²) in [6, 6.07) is 0. The van der Waals surface area contributed by atoms with Crippen LogP contribution in [0.25, 0.3) is 0 Å². The van der Waals surface area contributed by atoms with E-state index in [4.69, 9.17) is 18.9 Å². The molecule has 4 N–H and O–H groups in total. The molecule has 0 bridgehead atoms. The summed E-state index contributed by atoms with van der Waals surface area (Å²) in [5, 5.41) is 39.9. The topological polar surface area (TPSA) is 152 Å². The van der Waals surface area contributed by atoms with Crippen LogP contribution in [0.5, 0.6) is 0 Å². The first-order valence-corrected chi connectivity index (χ1v) is 20.4. The highest BCUT2D eigenvalue weighted by Crippen LogP contribution is 2.22. The normalized spacial score (nSPS) is 21.4. The van der Waals surface area contributed by atoms with Gasteiger partial charge in [0.25, 0.3) is 0 Å². The fourth-order valence-electron chi connectivity index (χ4n) is 6.00. The Morgan fingerprint density at radius 1 is 0.588 bits per heavy atom. The van der Waals surface area contributed by atoms with E-state index in [1.54, 1.807) is 0 Å². The van der Waals surface area contributed by atoms with E-state index >= 15 is 0 Å². The Hall–Kier alpha value is -1.82. The summed E-state index contributed by atoms with van der Waals surface area (Å²) in [5.74, 6) is -0.827. The molecule has 0 aliphatic carbocycles. The molecule has 1 aliphatic rings. The summed E-state index contributed by atoms with van der Waals surface area (Å²) in [6.45, 7) is 3.36. The molecule has 2 unspecified atom stereocenters. The van der Waals surface area contributed by atoms with Crippen LogP contribution in [-0.2, 0) is 28.5 Å². The van der Waals surface area contributed by atoms with Crippen LogP contribution in [0.2, 0.25) is 0 Å². The van der Waals surface area contributed by atoms with Crippen molar-refractivity contribution in [3.63, 3.8) is 0 Å². The summed E-state index contributed by atoms with van der Waals surface area (Å²) >= 11 is 0. The van der Waals surface area contributed by atoms with Gasteiger partial charge in [0.2, 0.25) is 0 Å². The average molecular weight is 727 g/mol. The summed E-state index contributed by atoms with van der Waals surface area (Å²) in [7, 11) is 0. The summed E-state index contributed by atoms with van der Waals surface area (Å²) in [4.78, 5) is 25.2.